The van der Waals surface area contributed by atoms with Gasteiger partial charge in [0, 0.05) is 11.6 Å². The fourth-order valence-electron chi connectivity index (χ4n) is 2.43. The molecule has 0 spiro atoms. The topological polar surface area (TPSA) is 97.0 Å². The number of benzene rings is 1. The lowest BCUT2D eigenvalue weighted by Gasteiger charge is -2.09. The summed E-state index contributed by atoms with van der Waals surface area (Å²) in [6.45, 7) is -0.494. The molecule has 1 N–H and O–H groups in total. The van der Waals surface area contributed by atoms with E-state index in [9.17, 15) is 14.4 Å². The molecule has 0 unspecified atom stereocenters. The van der Waals surface area contributed by atoms with E-state index in [1.807, 2.05) is 0 Å². The number of hydrogen-bond donors (Lipinski definition) is 1. The van der Waals surface area contributed by atoms with Crippen molar-refractivity contribution in [2.24, 2.45) is 0 Å². The summed E-state index contributed by atoms with van der Waals surface area (Å²) in [5.74, 6) is -1.38. The highest BCUT2D eigenvalue weighted by atomic mass is 35.5. The second-order valence-electron chi connectivity index (χ2n) is 5.55. The number of esters is 1. The highest BCUT2D eigenvalue weighted by Crippen LogP contribution is 2.34. The first kappa shape index (κ1) is 20.1. The summed E-state index contributed by atoms with van der Waals surface area (Å²) in [6, 6.07) is 8.11. The number of thiocarbonyl (C=S) groups is 1. The minimum atomic E-state index is -1.15. The molecule has 0 aliphatic carbocycles. The highest BCUT2D eigenvalue weighted by Gasteiger charge is 2.33. The van der Waals surface area contributed by atoms with Gasteiger partial charge in [0.25, 0.3) is 5.91 Å². The van der Waals surface area contributed by atoms with E-state index in [1.54, 1.807) is 30.3 Å². The van der Waals surface area contributed by atoms with Crippen molar-refractivity contribution >= 4 is 63.8 Å². The first-order valence-corrected chi connectivity index (χ1v) is 9.35. The molecule has 0 atom stereocenters. The quantitative estimate of drug-likeness (QED) is 0.430. The van der Waals surface area contributed by atoms with E-state index in [2.05, 4.69) is 0 Å². The van der Waals surface area contributed by atoms with E-state index >= 15 is 0 Å². The van der Waals surface area contributed by atoms with Gasteiger partial charge in [-0.15, -0.1) is 0 Å². The number of carbonyl (C=O) groups is 3. The average molecular weight is 438 g/mol. The molecule has 144 valence electrons. The van der Waals surface area contributed by atoms with Gasteiger partial charge in [0.15, 0.2) is 0 Å². The van der Waals surface area contributed by atoms with Gasteiger partial charge in [-0.3, -0.25) is 14.5 Å². The number of thioether (sulfide) groups is 1. The lowest BCUT2D eigenvalue weighted by molar-refractivity contribution is -0.140. The number of furan rings is 1. The molecule has 0 saturated carbocycles. The minimum Gasteiger partial charge on any atom is -0.480 e. The number of ether oxygens (including phenoxy) is 1. The third-order valence-electron chi connectivity index (χ3n) is 3.72. The average Bonchev–Trinajstić information content (AvgIpc) is 3.22. The van der Waals surface area contributed by atoms with Gasteiger partial charge < -0.3 is 14.3 Å². The summed E-state index contributed by atoms with van der Waals surface area (Å²) in [6.07, 6.45) is 1.49. The molecule has 1 saturated heterocycles. The number of amides is 1. The van der Waals surface area contributed by atoms with Gasteiger partial charge in [0.1, 0.15) is 22.4 Å². The summed E-state index contributed by atoms with van der Waals surface area (Å²) in [5, 5.41) is 9.12. The molecule has 1 fully saturated rings. The van der Waals surface area contributed by atoms with Crippen LogP contribution in [0.1, 0.15) is 16.1 Å². The van der Waals surface area contributed by atoms with Gasteiger partial charge in [-0.2, -0.15) is 0 Å². The lowest BCUT2D eigenvalue weighted by atomic mass is 10.1. The molecular formula is C18H12ClNO6S2. The van der Waals surface area contributed by atoms with Crippen molar-refractivity contribution in [3.8, 4) is 11.3 Å². The van der Waals surface area contributed by atoms with Gasteiger partial charge in [-0.05, 0) is 30.3 Å². The van der Waals surface area contributed by atoms with Gasteiger partial charge in [0.2, 0.25) is 0 Å². The van der Waals surface area contributed by atoms with E-state index < -0.39 is 24.4 Å². The van der Waals surface area contributed by atoms with Gasteiger partial charge in [-0.25, -0.2) is 4.79 Å². The predicted octanol–water partition coefficient (Wildman–Crippen LogP) is 3.67. The van der Waals surface area contributed by atoms with E-state index in [1.165, 1.54) is 13.2 Å². The second-order valence-corrected chi connectivity index (χ2v) is 7.63. The third kappa shape index (κ3) is 4.11. The zero-order valence-electron chi connectivity index (χ0n) is 14.3. The number of rotatable bonds is 5. The van der Waals surface area contributed by atoms with Crippen LogP contribution in [0.4, 0.5) is 0 Å². The monoisotopic (exact) mass is 437 g/mol. The second kappa shape index (κ2) is 8.17. The summed E-state index contributed by atoms with van der Waals surface area (Å²) >= 11 is 12.1. The van der Waals surface area contributed by atoms with E-state index in [-0.39, 0.29) is 19.8 Å². The molecule has 0 bridgehead atoms. The van der Waals surface area contributed by atoms with Crippen LogP contribution < -0.4 is 0 Å². The van der Waals surface area contributed by atoms with E-state index in [0.29, 0.717) is 17.1 Å². The Labute approximate surface area is 173 Å². The Morgan fingerprint density at radius 3 is 2.79 bits per heavy atom. The fraction of sp³-hybridized carbons (Fsp3) is 0.111. The maximum atomic E-state index is 12.3. The van der Waals surface area contributed by atoms with Crippen molar-refractivity contribution in [3.63, 3.8) is 0 Å². The molecular weight excluding hydrogens is 426 g/mol. The Bertz CT molecular complexity index is 1030. The van der Waals surface area contributed by atoms with Crippen molar-refractivity contribution in [1.82, 2.24) is 4.90 Å². The van der Waals surface area contributed by atoms with E-state index in [0.717, 1.165) is 16.7 Å². The molecule has 2 heterocycles. The SMILES string of the molecule is COC(=O)c1cc(-c2ccc(C=C3SC(=S)N(CC(=O)O)C3=O)o2)ccc1Cl. The Kier molecular flexibility index (Phi) is 5.87. The number of methoxy groups -OCH3 is 1. The van der Waals surface area contributed by atoms with Crippen molar-refractivity contribution in [3.05, 3.63) is 51.6 Å². The minimum absolute atomic E-state index is 0.172. The highest BCUT2D eigenvalue weighted by molar-refractivity contribution is 8.26. The largest absolute Gasteiger partial charge is 0.480 e. The summed E-state index contributed by atoms with van der Waals surface area (Å²) in [7, 11) is 1.26. The van der Waals surface area contributed by atoms with Crippen LogP contribution in [-0.2, 0) is 14.3 Å². The predicted molar refractivity (Wildman–Crippen MR) is 108 cm³/mol. The van der Waals surface area contributed by atoms with Crippen LogP contribution in [-0.4, -0.2) is 45.8 Å². The molecule has 1 aromatic heterocycles. The van der Waals surface area contributed by atoms with Gasteiger partial charge in [-0.1, -0.05) is 35.6 Å². The third-order valence-corrected chi connectivity index (χ3v) is 5.43. The van der Waals surface area contributed by atoms with Crippen molar-refractivity contribution < 1.29 is 28.6 Å². The van der Waals surface area contributed by atoms with Crippen molar-refractivity contribution in [2.45, 2.75) is 0 Å². The molecule has 1 amide bonds. The van der Waals surface area contributed by atoms with Gasteiger partial charge in [0.05, 0.1) is 22.6 Å². The van der Waals surface area contributed by atoms with Crippen LogP contribution >= 0.6 is 35.6 Å². The van der Waals surface area contributed by atoms with E-state index in [4.69, 9.17) is 38.1 Å². The lowest BCUT2D eigenvalue weighted by Crippen LogP contribution is -2.33. The van der Waals surface area contributed by atoms with Crippen molar-refractivity contribution in [2.75, 3.05) is 13.7 Å². The number of halogens is 1. The smallest absolute Gasteiger partial charge is 0.339 e. The summed E-state index contributed by atoms with van der Waals surface area (Å²) in [4.78, 5) is 36.2. The molecule has 28 heavy (non-hydrogen) atoms. The van der Waals surface area contributed by atoms with Gasteiger partial charge >= 0.3 is 11.9 Å². The Morgan fingerprint density at radius 1 is 1.36 bits per heavy atom. The maximum absolute atomic E-state index is 12.3. The molecule has 3 rings (SSSR count). The Hall–Kier alpha value is -2.62. The Morgan fingerprint density at radius 2 is 2.11 bits per heavy atom. The first-order chi connectivity index (χ1) is 13.3. The molecule has 10 heteroatoms. The molecule has 0 radical (unpaired) electrons. The number of aliphatic carboxylic acids is 1. The van der Waals surface area contributed by atoms with Crippen LogP contribution in [0, 0.1) is 0 Å². The number of carbonyl (C=O) groups excluding carboxylic acids is 2. The number of hydrogen-bond acceptors (Lipinski definition) is 7. The van der Waals surface area contributed by atoms with Crippen LogP contribution in [0.5, 0.6) is 0 Å². The zero-order chi connectivity index (χ0) is 20.4. The van der Waals surface area contributed by atoms with Crippen LogP contribution in [0.2, 0.25) is 5.02 Å². The fourth-order valence-corrected chi connectivity index (χ4v) is 3.86. The molecule has 1 aromatic carbocycles. The van der Waals surface area contributed by atoms with Crippen LogP contribution in [0.15, 0.2) is 39.7 Å². The molecule has 1 aliphatic rings. The standard InChI is InChI=1S/C18H12ClNO6S2/c1-25-17(24)11-6-9(2-4-12(11)19)13-5-3-10(26-13)7-14-16(23)20(8-15(21)22)18(27)28-14/h2-7H,8H2,1H3,(H,21,22). The first-order valence-electron chi connectivity index (χ1n) is 7.75. The molecule has 2 aromatic rings. The number of carboxylic acids is 1. The zero-order valence-corrected chi connectivity index (χ0v) is 16.7. The van der Waals surface area contributed by atoms with Crippen LogP contribution in [0.25, 0.3) is 17.4 Å². The molecule has 1 aliphatic heterocycles. The number of nitrogens with zero attached hydrogens (tertiary/aromatic N) is 1. The summed E-state index contributed by atoms with van der Waals surface area (Å²) in [5.41, 5.74) is 0.803. The Balaban J connectivity index is 1.86. The maximum Gasteiger partial charge on any atom is 0.339 e. The van der Waals surface area contributed by atoms with Crippen LogP contribution in [0.3, 0.4) is 0 Å². The van der Waals surface area contributed by atoms with Crippen molar-refractivity contribution in [1.29, 1.82) is 0 Å². The summed E-state index contributed by atoms with van der Waals surface area (Å²) < 4.78 is 10.6. The molecule has 7 nitrogen and oxygen atoms in total. The normalized spacial score (nSPS) is 15.4. The number of carboxylic acid groups (broad SMARTS) is 1.